The number of ether oxygens (including phenoxy) is 2. The van der Waals surface area contributed by atoms with Gasteiger partial charge in [-0.3, -0.25) is 4.79 Å². The van der Waals surface area contributed by atoms with Gasteiger partial charge in [-0.2, -0.15) is 0 Å². The predicted molar refractivity (Wildman–Crippen MR) is 76.0 cm³/mol. The molecule has 3 rings (SSSR count). The van der Waals surface area contributed by atoms with Gasteiger partial charge >= 0.3 is 0 Å². The first-order chi connectivity index (χ1) is 10.2. The number of nitrogens with zero attached hydrogens (tertiary/aromatic N) is 3. The van der Waals surface area contributed by atoms with Gasteiger partial charge in [-0.15, -0.1) is 0 Å². The molecule has 0 aliphatic carbocycles. The van der Waals surface area contributed by atoms with Gasteiger partial charge in [-0.05, 0) is 12.5 Å². The van der Waals surface area contributed by atoms with Crippen molar-refractivity contribution in [2.75, 3.05) is 38.3 Å². The first-order valence-electron chi connectivity index (χ1n) is 7.19. The lowest BCUT2D eigenvalue weighted by molar-refractivity contribution is -0.127. The molecule has 2 aliphatic heterocycles. The highest BCUT2D eigenvalue weighted by Crippen LogP contribution is 2.37. The Bertz CT molecular complexity index is 498. The molecule has 0 radical (unpaired) electrons. The van der Waals surface area contributed by atoms with Crippen molar-refractivity contribution in [1.29, 1.82) is 0 Å². The average molecular weight is 292 g/mol. The summed E-state index contributed by atoms with van der Waals surface area (Å²) in [7, 11) is 1.60. The summed E-state index contributed by atoms with van der Waals surface area (Å²) in [5.41, 5.74) is -0.188. The second-order valence-corrected chi connectivity index (χ2v) is 5.52. The van der Waals surface area contributed by atoms with Crippen LogP contribution in [-0.4, -0.2) is 60.9 Å². The number of anilines is 1. The maximum Gasteiger partial charge on any atom is 0.245 e. The monoisotopic (exact) mass is 292 g/mol. The van der Waals surface area contributed by atoms with E-state index in [0.29, 0.717) is 6.61 Å². The summed E-state index contributed by atoms with van der Waals surface area (Å²) in [6, 6.07) is 1.81. The van der Waals surface area contributed by atoms with Gasteiger partial charge < -0.3 is 19.7 Å². The third-order valence-corrected chi connectivity index (χ3v) is 4.06. The van der Waals surface area contributed by atoms with Crippen LogP contribution in [0.2, 0.25) is 0 Å². The van der Waals surface area contributed by atoms with E-state index in [4.69, 9.17) is 9.47 Å². The highest BCUT2D eigenvalue weighted by Gasteiger charge is 2.46. The van der Waals surface area contributed by atoms with Crippen molar-refractivity contribution in [2.24, 2.45) is 0 Å². The van der Waals surface area contributed by atoms with Gasteiger partial charge in [0.25, 0.3) is 0 Å². The number of nitrogens with one attached hydrogen (secondary N) is 1. The number of aromatic nitrogens is 2. The van der Waals surface area contributed by atoms with Gasteiger partial charge in [-0.1, -0.05) is 0 Å². The maximum absolute atomic E-state index is 11.2. The molecule has 1 amide bonds. The summed E-state index contributed by atoms with van der Waals surface area (Å²) < 4.78 is 11.6. The van der Waals surface area contributed by atoms with E-state index in [1.54, 1.807) is 19.4 Å². The van der Waals surface area contributed by atoms with Crippen LogP contribution in [0, 0.1) is 0 Å². The zero-order valence-corrected chi connectivity index (χ0v) is 12.1. The molecule has 0 aromatic carbocycles. The minimum Gasteiger partial charge on any atom is -0.370 e. The van der Waals surface area contributed by atoms with E-state index in [1.807, 2.05) is 6.07 Å². The van der Waals surface area contributed by atoms with E-state index in [2.05, 4.69) is 20.2 Å². The Balaban J connectivity index is 1.55. The van der Waals surface area contributed by atoms with Crippen molar-refractivity contribution in [1.82, 2.24) is 15.3 Å². The molecular weight excluding hydrogens is 272 g/mol. The summed E-state index contributed by atoms with van der Waals surface area (Å²) >= 11 is 0. The normalized spacial score (nSPS) is 28.2. The Morgan fingerprint density at radius 2 is 2.38 bits per heavy atom. The van der Waals surface area contributed by atoms with Crippen molar-refractivity contribution in [3.05, 3.63) is 18.5 Å². The van der Waals surface area contributed by atoms with Crippen LogP contribution in [0.4, 0.5) is 5.95 Å². The summed E-state index contributed by atoms with van der Waals surface area (Å²) in [5, 5.41) is 2.55. The van der Waals surface area contributed by atoms with Gasteiger partial charge in [0.2, 0.25) is 11.9 Å². The second kappa shape index (κ2) is 5.95. The molecule has 114 valence electrons. The fraction of sp³-hybridized carbons (Fsp3) is 0.643. The van der Waals surface area contributed by atoms with Crippen molar-refractivity contribution in [2.45, 2.75) is 24.5 Å². The van der Waals surface area contributed by atoms with Crippen LogP contribution in [-0.2, 0) is 14.3 Å². The largest absolute Gasteiger partial charge is 0.370 e. The average Bonchev–Trinajstić information content (AvgIpc) is 3.13. The van der Waals surface area contributed by atoms with Gasteiger partial charge in [-0.25, -0.2) is 9.97 Å². The van der Waals surface area contributed by atoms with Crippen molar-refractivity contribution < 1.29 is 14.3 Å². The van der Waals surface area contributed by atoms with Crippen LogP contribution in [0.1, 0.15) is 12.8 Å². The lowest BCUT2D eigenvalue weighted by atomic mass is 9.98. The molecule has 3 heterocycles. The number of rotatable bonds is 4. The minimum atomic E-state index is -0.188. The molecular formula is C14H20N4O3. The molecule has 1 N–H and O–H groups in total. The zero-order valence-electron chi connectivity index (χ0n) is 12.1. The quantitative estimate of drug-likeness (QED) is 0.840. The van der Waals surface area contributed by atoms with E-state index in [-0.39, 0.29) is 24.2 Å². The molecule has 2 saturated heterocycles. The molecule has 2 aliphatic rings. The molecule has 21 heavy (non-hydrogen) atoms. The van der Waals surface area contributed by atoms with E-state index in [9.17, 15) is 4.79 Å². The Morgan fingerprint density at radius 3 is 3.14 bits per heavy atom. The van der Waals surface area contributed by atoms with Crippen molar-refractivity contribution in [3.63, 3.8) is 0 Å². The third-order valence-electron chi connectivity index (χ3n) is 4.06. The summed E-state index contributed by atoms with van der Waals surface area (Å²) in [6.45, 7) is 2.29. The molecule has 1 aromatic rings. The van der Waals surface area contributed by atoms with Crippen molar-refractivity contribution in [3.8, 4) is 0 Å². The Hall–Kier alpha value is -1.73. The molecule has 2 fully saturated rings. The molecule has 7 heteroatoms. The summed E-state index contributed by atoms with van der Waals surface area (Å²) in [4.78, 5) is 21.9. The Kier molecular flexibility index (Phi) is 4.03. The first-order valence-corrected chi connectivity index (χ1v) is 7.19. The maximum atomic E-state index is 11.2. The molecule has 0 bridgehead atoms. The van der Waals surface area contributed by atoms with Crippen LogP contribution in [0.3, 0.4) is 0 Å². The van der Waals surface area contributed by atoms with Crippen LogP contribution in [0.15, 0.2) is 18.5 Å². The number of carbonyl (C=O) groups excluding carboxylic acids is 1. The lowest BCUT2D eigenvalue weighted by Gasteiger charge is -2.23. The lowest BCUT2D eigenvalue weighted by Crippen LogP contribution is -2.34. The molecule has 7 nitrogen and oxygen atoms in total. The molecule has 2 atom stereocenters. The van der Waals surface area contributed by atoms with E-state index in [0.717, 1.165) is 31.9 Å². The van der Waals surface area contributed by atoms with Gasteiger partial charge in [0, 0.05) is 32.4 Å². The van der Waals surface area contributed by atoms with E-state index < -0.39 is 0 Å². The topological polar surface area (TPSA) is 76.6 Å². The molecule has 2 unspecified atom stereocenters. The van der Waals surface area contributed by atoms with Gasteiger partial charge in [0.15, 0.2) is 0 Å². The summed E-state index contributed by atoms with van der Waals surface area (Å²) in [5.74, 6) is 0.634. The third kappa shape index (κ3) is 3.14. The minimum absolute atomic E-state index is 0.0149. The zero-order chi connectivity index (χ0) is 14.7. The SMILES string of the molecule is CNC(=O)COC1COC2(CCN(c3ncccn3)C2)C1. The van der Waals surface area contributed by atoms with Crippen molar-refractivity contribution >= 4 is 11.9 Å². The van der Waals surface area contributed by atoms with Crippen LogP contribution >= 0.6 is 0 Å². The molecule has 1 spiro atoms. The fourth-order valence-electron chi connectivity index (χ4n) is 2.93. The highest BCUT2D eigenvalue weighted by molar-refractivity contribution is 5.76. The van der Waals surface area contributed by atoms with E-state index >= 15 is 0 Å². The van der Waals surface area contributed by atoms with Crippen LogP contribution in [0.5, 0.6) is 0 Å². The highest BCUT2D eigenvalue weighted by atomic mass is 16.6. The standard InChI is InChI=1S/C14H20N4O3/c1-15-12(19)9-20-11-7-14(21-8-11)3-6-18(10-14)13-16-4-2-5-17-13/h2,4-5,11H,3,6-10H2,1H3,(H,15,19). The number of amides is 1. The fourth-order valence-corrected chi connectivity index (χ4v) is 2.93. The number of likely N-dealkylation sites (N-methyl/N-ethyl adjacent to an activating group) is 1. The number of hydrogen-bond donors (Lipinski definition) is 1. The number of hydrogen-bond acceptors (Lipinski definition) is 6. The second-order valence-electron chi connectivity index (χ2n) is 5.52. The predicted octanol–water partition coefficient (Wildman–Crippen LogP) is -0.0230. The van der Waals surface area contributed by atoms with E-state index in [1.165, 1.54) is 0 Å². The van der Waals surface area contributed by atoms with Crippen LogP contribution < -0.4 is 10.2 Å². The first kappa shape index (κ1) is 14.2. The van der Waals surface area contributed by atoms with Crippen LogP contribution in [0.25, 0.3) is 0 Å². The Labute approximate surface area is 123 Å². The van der Waals surface area contributed by atoms with Gasteiger partial charge in [0.1, 0.15) is 6.61 Å². The summed E-state index contributed by atoms with van der Waals surface area (Å²) in [6.07, 6.45) is 5.23. The van der Waals surface area contributed by atoms with Gasteiger partial charge in [0.05, 0.1) is 24.9 Å². The molecule has 1 aromatic heterocycles. The Morgan fingerprint density at radius 1 is 1.57 bits per heavy atom. The molecule has 0 saturated carbocycles. The number of carbonyl (C=O) groups is 1. The smallest absolute Gasteiger partial charge is 0.245 e.